The fourth-order valence-electron chi connectivity index (χ4n) is 2.84. The molecule has 0 saturated heterocycles. The van der Waals surface area contributed by atoms with Gasteiger partial charge < -0.3 is 5.32 Å². The number of fused-ring (bicyclic) bond motifs is 1. The molecule has 1 aliphatic carbocycles. The van der Waals surface area contributed by atoms with E-state index in [4.69, 9.17) is 0 Å². The van der Waals surface area contributed by atoms with Crippen molar-refractivity contribution in [2.45, 2.75) is 32.6 Å². The van der Waals surface area contributed by atoms with Gasteiger partial charge in [0, 0.05) is 24.2 Å². The summed E-state index contributed by atoms with van der Waals surface area (Å²) in [5.41, 5.74) is 3.88. The fraction of sp³-hybridized carbons (Fsp3) is 0.375. The molecule has 3 nitrogen and oxygen atoms in total. The minimum Gasteiger partial charge on any atom is -0.370 e. The summed E-state index contributed by atoms with van der Waals surface area (Å²) in [6.07, 6.45) is 2.25. The van der Waals surface area contributed by atoms with Crippen molar-refractivity contribution in [2.24, 2.45) is 0 Å². The topological polar surface area (TPSA) is 37.8 Å². The number of aryl methyl sites for hydroxylation is 2. The second-order valence-corrected chi connectivity index (χ2v) is 5.07. The first kappa shape index (κ1) is 12.2. The zero-order valence-corrected chi connectivity index (χ0v) is 11.5. The van der Waals surface area contributed by atoms with Gasteiger partial charge in [0.2, 0.25) is 0 Å². The molecule has 0 fully saturated rings. The molecule has 3 heteroatoms. The lowest BCUT2D eigenvalue weighted by molar-refractivity contribution is 0.724. The molecule has 0 bridgehead atoms. The summed E-state index contributed by atoms with van der Waals surface area (Å²) >= 11 is 0. The average molecular weight is 253 g/mol. The highest BCUT2D eigenvalue weighted by Crippen LogP contribution is 2.36. The van der Waals surface area contributed by atoms with Crippen molar-refractivity contribution in [3.8, 4) is 0 Å². The maximum atomic E-state index is 4.68. The van der Waals surface area contributed by atoms with Gasteiger partial charge in [-0.05, 0) is 37.8 Å². The van der Waals surface area contributed by atoms with Crippen LogP contribution in [0.25, 0.3) is 0 Å². The van der Waals surface area contributed by atoms with Crippen LogP contribution in [-0.2, 0) is 6.42 Å². The lowest BCUT2D eigenvalue weighted by Crippen LogP contribution is -2.08. The minimum absolute atomic E-state index is 0.355. The molecule has 1 aromatic heterocycles. The number of hydrogen-bond donors (Lipinski definition) is 1. The van der Waals surface area contributed by atoms with Crippen LogP contribution in [0.5, 0.6) is 0 Å². The van der Waals surface area contributed by atoms with Crippen LogP contribution in [0.2, 0.25) is 0 Å². The molecule has 19 heavy (non-hydrogen) atoms. The van der Waals surface area contributed by atoms with E-state index in [2.05, 4.69) is 46.5 Å². The van der Waals surface area contributed by atoms with E-state index in [1.165, 1.54) is 11.1 Å². The quantitative estimate of drug-likeness (QED) is 0.912. The Kier molecular flexibility index (Phi) is 3.20. The number of hydrogen-bond acceptors (Lipinski definition) is 3. The molecular formula is C16H19N3. The number of benzene rings is 1. The van der Waals surface area contributed by atoms with E-state index in [-0.39, 0.29) is 0 Å². The van der Waals surface area contributed by atoms with Crippen molar-refractivity contribution in [1.82, 2.24) is 9.97 Å². The summed E-state index contributed by atoms with van der Waals surface area (Å²) < 4.78 is 0. The highest BCUT2D eigenvalue weighted by molar-refractivity contribution is 5.42. The fourth-order valence-corrected chi connectivity index (χ4v) is 2.84. The minimum atomic E-state index is 0.355. The molecule has 0 aliphatic heterocycles. The lowest BCUT2D eigenvalue weighted by Gasteiger charge is -2.13. The van der Waals surface area contributed by atoms with E-state index in [9.17, 15) is 0 Å². The van der Waals surface area contributed by atoms with Crippen LogP contribution in [0, 0.1) is 6.92 Å². The first-order valence-electron chi connectivity index (χ1n) is 6.95. The molecule has 1 heterocycles. The van der Waals surface area contributed by atoms with Gasteiger partial charge in [0.25, 0.3) is 0 Å². The van der Waals surface area contributed by atoms with Crippen LogP contribution in [0.15, 0.2) is 30.3 Å². The molecule has 2 aromatic rings. The van der Waals surface area contributed by atoms with Crippen LogP contribution in [0.3, 0.4) is 0 Å². The second kappa shape index (κ2) is 5.00. The summed E-state index contributed by atoms with van der Waals surface area (Å²) in [6.45, 7) is 5.01. The Morgan fingerprint density at radius 1 is 1.26 bits per heavy atom. The van der Waals surface area contributed by atoms with Gasteiger partial charge in [-0.25, -0.2) is 9.97 Å². The maximum Gasteiger partial charge on any atom is 0.138 e. The Bertz CT molecular complexity index is 592. The van der Waals surface area contributed by atoms with Crippen molar-refractivity contribution < 1.29 is 0 Å². The second-order valence-electron chi connectivity index (χ2n) is 5.07. The van der Waals surface area contributed by atoms with Gasteiger partial charge >= 0.3 is 0 Å². The largest absolute Gasteiger partial charge is 0.370 e. The third-order valence-corrected chi connectivity index (χ3v) is 3.67. The zero-order valence-electron chi connectivity index (χ0n) is 11.5. The van der Waals surface area contributed by atoms with Crippen molar-refractivity contribution >= 4 is 5.82 Å². The van der Waals surface area contributed by atoms with Gasteiger partial charge in [-0.3, -0.25) is 0 Å². The van der Waals surface area contributed by atoms with Gasteiger partial charge in [-0.15, -0.1) is 0 Å². The van der Waals surface area contributed by atoms with E-state index < -0.39 is 0 Å². The Balaban J connectivity index is 1.99. The van der Waals surface area contributed by atoms with E-state index in [1.54, 1.807) is 0 Å². The van der Waals surface area contributed by atoms with E-state index >= 15 is 0 Å². The third kappa shape index (κ3) is 2.33. The van der Waals surface area contributed by atoms with Crippen molar-refractivity contribution in [3.05, 3.63) is 53.0 Å². The summed E-state index contributed by atoms with van der Waals surface area (Å²) in [5, 5.41) is 3.29. The summed E-state index contributed by atoms with van der Waals surface area (Å²) in [6, 6.07) is 10.7. The summed E-state index contributed by atoms with van der Waals surface area (Å²) in [7, 11) is 0. The van der Waals surface area contributed by atoms with Gasteiger partial charge in [0.15, 0.2) is 0 Å². The molecule has 0 radical (unpaired) electrons. The smallest absolute Gasteiger partial charge is 0.138 e. The lowest BCUT2D eigenvalue weighted by atomic mass is 10.0. The van der Waals surface area contributed by atoms with Crippen LogP contribution < -0.4 is 5.32 Å². The molecule has 1 aromatic carbocycles. The Labute approximate surface area is 114 Å². The van der Waals surface area contributed by atoms with Crippen molar-refractivity contribution in [3.63, 3.8) is 0 Å². The standard InChI is InChI=1S/C16H19N3/c1-3-17-15-10-11(2)18-16(19-15)14-9-8-12-6-4-5-7-13(12)14/h4-7,10,14H,3,8-9H2,1-2H3,(H,17,18,19). The Hall–Kier alpha value is -1.90. The van der Waals surface area contributed by atoms with E-state index in [0.29, 0.717) is 5.92 Å². The maximum absolute atomic E-state index is 4.68. The predicted molar refractivity (Wildman–Crippen MR) is 77.5 cm³/mol. The number of nitrogens with one attached hydrogen (secondary N) is 1. The Morgan fingerprint density at radius 3 is 2.95 bits per heavy atom. The van der Waals surface area contributed by atoms with Crippen molar-refractivity contribution in [2.75, 3.05) is 11.9 Å². The Morgan fingerprint density at radius 2 is 2.11 bits per heavy atom. The summed E-state index contributed by atoms with van der Waals surface area (Å²) in [5.74, 6) is 2.25. The molecule has 3 rings (SSSR count). The summed E-state index contributed by atoms with van der Waals surface area (Å²) in [4.78, 5) is 9.33. The monoisotopic (exact) mass is 253 g/mol. The number of rotatable bonds is 3. The van der Waals surface area contributed by atoms with Gasteiger partial charge in [-0.2, -0.15) is 0 Å². The molecule has 1 N–H and O–H groups in total. The molecule has 0 amide bonds. The van der Waals surface area contributed by atoms with Crippen LogP contribution in [0.1, 0.15) is 41.9 Å². The van der Waals surface area contributed by atoms with Gasteiger partial charge in [0.05, 0.1) is 0 Å². The molecule has 0 saturated carbocycles. The number of anilines is 1. The van der Waals surface area contributed by atoms with E-state index in [0.717, 1.165) is 36.7 Å². The molecule has 1 atom stereocenters. The predicted octanol–water partition coefficient (Wildman–Crippen LogP) is 3.29. The highest BCUT2D eigenvalue weighted by atomic mass is 15.0. The normalized spacial score (nSPS) is 17.3. The molecule has 98 valence electrons. The van der Waals surface area contributed by atoms with Crippen molar-refractivity contribution in [1.29, 1.82) is 0 Å². The van der Waals surface area contributed by atoms with Crippen LogP contribution >= 0.6 is 0 Å². The first-order valence-corrected chi connectivity index (χ1v) is 6.95. The van der Waals surface area contributed by atoms with E-state index in [1.807, 2.05) is 13.0 Å². The molecule has 0 spiro atoms. The van der Waals surface area contributed by atoms with Crippen LogP contribution in [0.4, 0.5) is 5.82 Å². The molecular weight excluding hydrogens is 234 g/mol. The zero-order chi connectivity index (χ0) is 13.2. The highest BCUT2D eigenvalue weighted by Gasteiger charge is 2.26. The van der Waals surface area contributed by atoms with Gasteiger partial charge in [0.1, 0.15) is 11.6 Å². The first-order chi connectivity index (χ1) is 9.28. The van der Waals surface area contributed by atoms with Crippen LogP contribution in [-0.4, -0.2) is 16.5 Å². The number of nitrogens with zero attached hydrogens (tertiary/aromatic N) is 2. The van der Waals surface area contributed by atoms with Gasteiger partial charge in [-0.1, -0.05) is 24.3 Å². The molecule has 1 unspecified atom stereocenters. The third-order valence-electron chi connectivity index (χ3n) is 3.67. The molecule has 1 aliphatic rings. The average Bonchev–Trinajstić information content (AvgIpc) is 2.82. The number of aromatic nitrogens is 2. The SMILES string of the molecule is CCNc1cc(C)nc(C2CCc3ccccc32)n1.